The van der Waals surface area contributed by atoms with Gasteiger partial charge in [0.1, 0.15) is 0 Å². The smallest absolute Gasteiger partial charge is 0.319 e. The number of urea groups is 1. The molecule has 0 saturated carbocycles. The molecule has 0 spiro atoms. The summed E-state index contributed by atoms with van der Waals surface area (Å²) in [7, 11) is 1.87. The zero-order chi connectivity index (χ0) is 11.3. The molecular formula is C11H23N3O. The minimum atomic E-state index is 0.162. The van der Waals surface area contributed by atoms with Gasteiger partial charge in [0.15, 0.2) is 0 Å². The number of carbonyl (C=O) groups excluding carboxylic acids is 1. The number of amides is 2. The van der Waals surface area contributed by atoms with Crippen molar-refractivity contribution < 1.29 is 4.79 Å². The minimum Gasteiger partial charge on any atom is -0.330 e. The Bertz CT molecular complexity index is 208. The largest absolute Gasteiger partial charge is 0.330 e. The van der Waals surface area contributed by atoms with Crippen molar-refractivity contribution >= 4 is 6.03 Å². The molecule has 0 aromatic rings. The molecule has 2 N–H and O–H groups in total. The van der Waals surface area contributed by atoms with E-state index in [1.54, 1.807) is 4.90 Å². The summed E-state index contributed by atoms with van der Waals surface area (Å²) in [6, 6.07) is 0.162. The van der Waals surface area contributed by atoms with Crippen molar-refractivity contribution in [3.8, 4) is 0 Å². The van der Waals surface area contributed by atoms with Crippen LogP contribution in [0.1, 0.15) is 26.2 Å². The average molecular weight is 213 g/mol. The summed E-state index contributed by atoms with van der Waals surface area (Å²) in [5.74, 6) is 0.498. The number of carbonyl (C=O) groups is 1. The van der Waals surface area contributed by atoms with Gasteiger partial charge < -0.3 is 15.5 Å². The molecule has 0 aromatic heterocycles. The van der Waals surface area contributed by atoms with Gasteiger partial charge in [0.2, 0.25) is 0 Å². The fourth-order valence-electron chi connectivity index (χ4n) is 2.10. The van der Waals surface area contributed by atoms with Gasteiger partial charge in [-0.15, -0.1) is 0 Å². The standard InChI is InChI=1S/C11H23N3O/c1-3-6-13(2)11(15)14-7-4-5-10(8-12)9-14/h10H,3-9,12H2,1-2H3. The van der Waals surface area contributed by atoms with Gasteiger partial charge in [0, 0.05) is 26.7 Å². The number of hydrogen-bond acceptors (Lipinski definition) is 2. The molecular weight excluding hydrogens is 190 g/mol. The van der Waals surface area contributed by atoms with E-state index in [2.05, 4.69) is 6.92 Å². The number of hydrogen-bond donors (Lipinski definition) is 1. The van der Waals surface area contributed by atoms with Crippen LogP contribution in [0.25, 0.3) is 0 Å². The van der Waals surface area contributed by atoms with Crippen LogP contribution in [0.15, 0.2) is 0 Å². The molecule has 1 saturated heterocycles. The van der Waals surface area contributed by atoms with Crippen LogP contribution in [0.5, 0.6) is 0 Å². The summed E-state index contributed by atoms with van der Waals surface area (Å²) >= 11 is 0. The molecule has 0 aromatic carbocycles. The van der Waals surface area contributed by atoms with E-state index in [-0.39, 0.29) is 6.03 Å². The van der Waals surface area contributed by atoms with Crippen molar-refractivity contribution in [1.29, 1.82) is 0 Å². The Morgan fingerprint density at radius 2 is 2.33 bits per heavy atom. The van der Waals surface area contributed by atoms with Gasteiger partial charge in [0.25, 0.3) is 0 Å². The van der Waals surface area contributed by atoms with Crippen molar-refractivity contribution in [1.82, 2.24) is 9.80 Å². The Labute approximate surface area is 92.4 Å². The molecule has 2 amide bonds. The van der Waals surface area contributed by atoms with Crippen LogP contribution in [0.4, 0.5) is 4.79 Å². The van der Waals surface area contributed by atoms with Crippen LogP contribution in [0.3, 0.4) is 0 Å². The second-order valence-corrected chi connectivity index (χ2v) is 4.39. The quantitative estimate of drug-likeness (QED) is 0.763. The Morgan fingerprint density at radius 1 is 1.60 bits per heavy atom. The third kappa shape index (κ3) is 3.38. The number of rotatable bonds is 3. The Kier molecular flexibility index (Phi) is 4.88. The molecule has 15 heavy (non-hydrogen) atoms. The first kappa shape index (κ1) is 12.3. The summed E-state index contributed by atoms with van der Waals surface area (Å²) in [6.07, 6.45) is 3.27. The van der Waals surface area contributed by atoms with E-state index in [0.29, 0.717) is 12.5 Å². The number of likely N-dealkylation sites (tertiary alicyclic amines) is 1. The van der Waals surface area contributed by atoms with Crippen LogP contribution >= 0.6 is 0 Å². The zero-order valence-corrected chi connectivity index (χ0v) is 9.91. The van der Waals surface area contributed by atoms with Crippen molar-refractivity contribution in [2.75, 3.05) is 33.2 Å². The Hall–Kier alpha value is -0.770. The molecule has 1 rings (SSSR count). The zero-order valence-electron chi connectivity index (χ0n) is 9.91. The lowest BCUT2D eigenvalue weighted by Crippen LogP contribution is -2.47. The van der Waals surface area contributed by atoms with Gasteiger partial charge in [-0.05, 0) is 31.7 Å². The lowest BCUT2D eigenvalue weighted by Gasteiger charge is -2.34. The maximum atomic E-state index is 12.0. The van der Waals surface area contributed by atoms with Crippen LogP contribution in [0, 0.1) is 5.92 Å². The fraction of sp³-hybridized carbons (Fsp3) is 0.909. The Balaban J connectivity index is 2.44. The third-order valence-electron chi connectivity index (χ3n) is 3.01. The van der Waals surface area contributed by atoms with Gasteiger partial charge in [-0.2, -0.15) is 0 Å². The molecule has 1 heterocycles. The van der Waals surface area contributed by atoms with E-state index >= 15 is 0 Å². The molecule has 0 radical (unpaired) electrons. The second kappa shape index (κ2) is 5.95. The topological polar surface area (TPSA) is 49.6 Å². The molecule has 1 aliphatic heterocycles. The van der Waals surface area contributed by atoms with E-state index in [4.69, 9.17) is 5.73 Å². The summed E-state index contributed by atoms with van der Waals surface area (Å²) in [4.78, 5) is 15.7. The minimum absolute atomic E-state index is 0.162. The normalized spacial score (nSPS) is 21.5. The summed E-state index contributed by atoms with van der Waals surface area (Å²) in [5.41, 5.74) is 5.65. The van der Waals surface area contributed by atoms with E-state index in [1.165, 1.54) is 0 Å². The van der Waals surface area contributed by atoms with E-state index < -0.39 is 0 Å². The first-order valence-electron chi connectivity index (χ1n) is 5.89. The number of nitrogens with two attached hydrogens (primary N) is 1. The van der Waals surface area contributed by atoms with E-state index in [0.717, 1.165) is 38.9 Å². The summed E-state index contributed by atoms with van der Waals surface area (Å²) in [6.45, 7) is 5.35. The predicted octanol–water partition coefficient (Wildman–Crippen LogP) is 1.12. The van der Waals surface area contributed by atoms with Gasteiger partial charge in [-0.1, -0.05) is 6.92 Å². The maximum Gasteiger partial charge on any atom is 0.319 e. The third-order valence-corrected chi connectivity index (χ3v) is 3.01. The first-order valence-corrected chi connectivity index (χ1v) is 5.89. The van der Waals surface area contributed by atoms with Gasteiger partial charge in [-0.25, -0.2) is 4.79 Å². The molecule has 4 nitrogen and oxygen atoms in total. The first-order chi connectivity index (χ1) is 7.19. The lowest BCUT2D eigenvalue weighted by molar-refractivity contribution is 0.137. The van der Waals surface area contributed by atoms with Crippen molar-refractivity contribution in [3.63, 3.8) is 0 Å². The molecule has 1 atom stereocenters. The molecule has 1 fully saturated rings. The molecule has 0 bridgehead atoms. The highest BCUT2D eigenvalue weighted by atomic mass is 16.2. The van der Waals surface area contributed by atoms with Gasteiger partial charge in [-0.3, -0.25) is 0 Å². The molecule has 4 heteroatoms. The predicted molar refractivity (Wildman–Crippen MR) is 61.7 cm³/mol. The molecule has 1 unspecified atom stereocenters. The number of piperidine rings is 1. The molecule has 1 aliphatic rings. The van der Waals surface area contributed by atoms with Gasteiger partial charge >= 0.3 is 6.03 Å². The maximum absolute atomic E-state index is 12.0. The van der Waals surface area contributed by atoms with Gasteiger partial charge in [0.05, 0.1) is 0 Å². The Morgan fingerprint density at radius 3 is 2.93 bits per heavy atom. The van der Waals surface area contributed by atoms with Crippen LogP contribution in [-0.2, 0) is 0 Å². The fourth-order valence-corrected chi connectivity index (χ4v) is 2.10. The molecule has 88 valence electrons. The van der Waals surface area contributed by atoms with Crippen LogP contribution < -0.4 is 5.73 Å². The molecule has 0 aliphatic carbocycles. The van der Waals surface area contributed by atoms with Crippen LogP contribution in [0.2, 0.25) is 0 Å². The van der Waals surface area contributed by atoms with Crippen molar-refractivity contribution in [2.45, 2.75) is 26.2 Å². The highest BCUT2D eigenvalue weighted by Crippen LogP contribution is 2.16. The average Bonchev–Trinajstić information content (AvgIpc) is 2.28. The highest BCUT2D eigenvalue weighted by molar-refractivity contribution is 5.74. The van der Waals surface area contributed by atoms with Crippen molar-refractivity contribution in [2.24, 2.45) is 11.7 Å². The summed E-state index contributed by atoms with van der Waals surface area (Å²) in [5, 5.41) is 0. The SMILES string of the molecule is CCCN(C)C(=O)N1CCCC(CN)C1. The number of nitrogens with zero attached hydrogens (tertiary/aromatic N) is 2. The van der Waals surface area contributed by atoms with E-state index in [1.807, 2.05) is 11.9 Å². The van der Waals surface area contributed by atoms with E-state index in [9.17, 15) is 4.79 Å². The monoisotopic (exact) mass is 213 g/mol. The second-order valence-electron chi connectivity index (χ2n) is 4.39. The summed E-state index contributed by atoms with van der Waals surface area (Å²) < 4.78 is 0. The lowest BCUT2D eigenvalue weighted by atomic mass is 9.99. The highest BCUT2D eigenvalue weighted by Gasteiger charge is 2.24. The van der Waals surface area contributed by atoms with Crippen LogP contribution in [-0.4, -0.2) is 49.1 Å². The van der Waals surface area contributed by atoms with Crippen molar-refractivity contribution in [3.05, 3.63) is 0 Å².